The molecular weight excluding hydrogens is 258 g/mol. The van der Waals surface area contributed by atoms with Gasteiger partial charge in [0.1, 0.15) is 0 Å². The summed E-state index contributed by atoms with van der Waals surface area (Å²) in [6.07, 6.45) is 0. The van der Waals surface area contributed by atoms with Gasteiger partial charge in [-0.1, -0.05) is 6.07 Å². The number of rotatable bonds is 5. The molecule has 0 unspecified atom stereocenters. The summed E-state index contributed by atoms with van der Waals surface area (Å²) < 4.78 is 12.3. The normalized spacial score (nSPS) is 11.6. The highest BCUT2D eigenvalue weighted by atomic mass is 16.5. The van der Waals surface area contributed by atoms with Gasteiger partial charge in [0.15, 0.2) is 11.6 Å². The van der Waals surface area contributed by atoms with Crippen molar-refractivity contribution in [2.75, 3.05) is 26.6 Å². The van der Waals surface area contributed by atoms with E-state index in [-0.39, 0.29) is 5.54 Å². The second kappa shape index (κ2) is 5.46. The number of para-hydroxylation sites is 1. The first kappa shape index (κ1) is 14.3. The number of hydrogen-bond acceptors (Lipinski definition) is 6. The smallest absolute Gasteiger partial charge is 0.186 e. The average molecular weight is 277 g/mol. The first-order chi connectivity index (χ1) is 9.51. The minimum absolute atomic E-state index is 0.386. The van der Waals surface area contributed by atoms with E-state index in [0.29, 0.717) is 23.9 Å². The van der Waals surface area contributed by atoms with Crippen molar-refractivity contribution in [1.29, 1.82) is 0 Å². The fourth-order valence-corrected chi connectivity index (χ4v) is 2.14. The summed E-state index contributed by atoms with van der Waals surface area (Å²) in [5.41, 5.74) is 6.84. The molecule has 0 atom stereocenters. The molecule has 2 N–H and O–H groups in total. The van der Waals surface area contributed by atoms with E-state index in [9.17, 15) is 0 Å². The zero-order valence-corrected chi connectivity index (χ0v) is 12.1. The number of nitrogens with two attached hydrogens (primary N) is 1. The largest absolute Gasteiger partial charge is 0.494 e. The molecule has 2 rings (SSSR count). The van der Waals surface area contributed by atoms with Crippen LogP contribution in [-0.2, 0) is 10.3 Å². The lowest BCUT2D eigenvalue weighted by atomic mass is 10.1. The van der Waals surface area contributed by atoms with E-state index in [0.717, 1.165) is 5.56 Å². The minimum atomic E-state index is -0.386. The van der Waals surface area contributed by atoms with Crippen LogP contribution < -0.4 is 10.5 Å². The molecule has 7 nitrogen and oxygen atoms in total. The number of methoxy groups -OCH3 is 2. The number of nitrogen functional groups attached to an aromatic ring is 1. The van der Waals surface area contributed by atoms with Crippen molar-refractivity contribution in [3.8, 4) is 17.1 Å². The van der Waals surface area contributed by atoms with Crippen LogP contribution in [0.2, 0.25) is 0 Å². The molecule has 1 aromatic carbocycles. The van der Waals surface area contributed by atoms with Gasteiger partial charge in [-0.05, 0) is 36.4 Å². The van der Waals surface area contributed by atoms with Crippen molar-refractivity contribution in [2.45, 2.75) is 19.4 Å². The monoisotopic (exact) mass is 277 g/mol. The van der Waals surface area contributed by atoms with Crippen LogP contribution in [0.25, 0.3) is 11.4 Å². The van der Waals surface area contributed by atoms with Crippen molar-refractivity contribution >= 4 is 5.69 Å². The van der Waals surface area contributed by atoms with Crippen LogP contribution in [0.3, 0.4) is 0 Å². The van der Waals surface area contributed by atoms with Gasteiger partial charge in [-0.3, -0.25) is 0 Å². The highest BCUT2D eigenvalue weighted by Crippen LogP contribution is 2.34. The second-order valence-corrected chi connectivity index (χ2v) is 5.09. The molecule has 0 radical (unpaired) electrons. The Hall–Kier alpha value is -2.15. The van der Waals surface area contributed by atoms with Gasteiger partial charge in [0.05, 0.1) is 30.5 Å². The Balaban J connectivity index is 2.56. The predicted octanol–water partition coefficient (Wildman–Crippen LogP) is 1.31. The third-order valence-electron chi connectivity index (χ3n) is 3.03. The van der Waals surface area contributed by atoms with Crippen LogP contribution in [0.5, 0.6) is 5.75 Å². The van der Waals surface area contributed by atoms with Crippen molar-refractivity contribution < 1.29 is 9.47 Å². The maximum absolute atomic E-state index is 5.93. The maximum atomic E-state index is 5.93. The fourth-order valence-electron chi connectivity index (χ4n) is 2.14. The van der Waals surface area contributed by atoms with Gasteiger partial charge in [0.25, 0.3) is 0 Å². The number of hydrogen-bond donors (Lipinski definition) is 1. The van der Waals surface area contributed by atoms with Crippen LogP contribution in [0.4, 0.5) is 5.69 Å². The average Bonchev–Trinajstić information content (AvgIpc) is 2.88. The Morgan fingerprint density at radius 3 is 2.70 bits per heavy atom. The zero-order chi connectivity index (χ0) is 14.8. The van der Waals surface area contributed by atoms with E-state index in [4.69, 9.17) is 15.2 Å². The highest BCUT2D eigenvalue weighted by Gasteiger charge is 2.27. The molecule has 7 heteroatoms. The third-order valence-corrected chi connectivity index (χ3v) is 3.03. The van der Waals surface area contributed by atoms with E-state index >= 15 is 0 Å². The SMILES string of the molecule is COCC(C)(C)n1nnnc1-c1cccc(N)c1OC. The topological polar surface area (TPSA) is 88.1 Å². The number of aromatic nitrogens is 4. The molecule has 2 aromatic rings. The number of ether oxygens (including phenoxy) is 2. The molecule has 1 heterocycles. The van der Waals surface area contributed by atoms with Gasteiger partial charge in [-0.25, -0.2) is 4.68 Å². The van der Waals surface area contributed by atoms with Gasteiger partial charge in [-0.15, -0.1) is 5.10 Å². The van der Waals surface area contributed by atoms with Crippen molar-refractivity contribution in [3.05, 3.63) is 18.2 Å². The Bertz CT molecular complexity index is 594. The Morgan fingerprint density at radius 2 is 2.05 bits per heavy atom. The number of anilines is 1. The molecule has 0 bridgehead atoms. The molecule has 0 saturated carbocycles. The molecule has 0 spiro atoms. The number of tetrazole rings is 1. The lowest BCUT2D eigenvalue weighted by Crippen LogP contribution is -2.33. The van der Waals surface area contributed by atoms with Crippen molar-refractivity contribution in [1.82, 2.24) is 20.2 Å². The Labute approximate surface area is 117 Å². The Kier molecular flexibility index (Phi) is 3.89. The summed E-state index contributed by atoms with van der Waals surface area (Å²) in [7, 11) is 3.22. The van der Waals surface area contributed by atoms with E-state index < -0.39 is 0 Å². The molecule has 0 aliphatic carbocycles. The highest BCUT2D eigenvalue weighted by molar-refractivity contribution is 5.73. The maximum Gasteiger partial charge on any atom is 0.186 e. The number of nitrogens with zero attached hydrogens (tertiary/aromatic N) is 4. The molecule has 0 amide bonds. The molecule has 0 aliphatic heterocycles. The van der Waals surface area contributed by atoms with Gasteiger partial charge in [0.2, 0.25) is 0 Å². The van der Waals surface area contributed by atoms with Crippen LogP contribution in [0.15, 0.2) is 18.2 Å². The summed E-state index contributed by atoms with van der Waals surface area (Å²) >= 11 is 0. The van der Waals surface area contributed by atoms with Gasteiger partial charge in [-0.2, -0.15) is 0 Å². The molecule has 0 aliphatic rings. The lowest BCUT2D eigenvalue weighted by Gasteiger charge is -2.25. The molecule has 0 fully saturated rings. The van der Waals surface area contributed by atoms with E-state index in [1.54, 1.807) is 25.0 Å². The number of benzene rings is 1. The molecule has 1 aromatic heterocycles. The Morgan fingerprint density at radius 1 is 1.30 bits per heavy atom. The van der Waals surface area contributed by atoms with Crippen LogP contribution in [0, 0.1) is 0 Å². The summed E-state index contributed by atoms with van der Waals surface area (Å²) in [5.74, 6) is 1.16. The van der Waals surface area contributed by atoms with E-state index in [2.05, 4.69) is 15.5 Å². The standard InChI is InChI=1S/C13H19N5O2/c1-13(2,8-19-3)18-12(15-16-17-18)9-6-5-7-10(14)11(9)20-4/h5-7H,8,14H2,1-4H3. The lowest BCUT2D eigenvalue weighted by molar-refractivity contribution is 0.101. The van der Waals surface area contributed by atoms with Crippen molar-refractivity contribution in [2.24, 2.45) is 0 Å². The van der Waals surface area contributed by atoms with Gasteiger partial charge in [0, 0.05) is 7.11 Å². The first-order valence-electron chi connectivity index (χ1n) is 6.22. The third kappa shape index (κ3) is 2.44. The molecule has 20 heavy (non-hydrogen) atoms. The van der Waals surface area contributed by atoms with Crippen LogP contribution in [-0.4, -0.2) is 41.0 Å². The second-order valence-electron chi connectivity index (χ2n) is 5.09. The molecule has 108 valence electrons. The minimum Gasteiger partial charge on any atom is -0.494 e. The predicted molar refractivity (Wildman–Crippen MR) is 75.4 cm³/mol. The summed E-state index contributed by atoms with van der Waals surface area (Å²) in [6, 6.07) is 5.49. The van der Waals surface area contributed by atoms with Gasteiger partial charge >= 0.3 is 0 Å². The van der Waals surface area contributed by atoms with Crippen LogP contribution >= 0.6 is 0 Å². The molecular formula is C13H19N5O2. The summed E-state index contributed by atoms with van der Waals surface area (Å²) in [6.45, 7) is 4.47. The summed E-state index contributed by atoms with van der Waals surface area (Å²) in [4.78, 5) is 0. The summed E-state index contributed by atoms with van der Waals surface area (Å²) in [5, 5.41) is 11.9. The van der Waals surface area contributed by atoms with E-state index in [1.165, 1.54) is 0 Å². The molecule has 0 saturated heterocycles. The quantitative estimate of drug-likeness (QED) is 0.829. The van der Waals surface area contributed by atoms with Crippen LogP contribution in [0.1, 0.15) is 13.8 Å². The zero-order valence-electron chi connectivity index (χ0n) is 12.1. The fraction of sp³-hybridized carbons (Fsp3) is 0.462. The van der Waals surface area contributed by atoms with Crippen molar-refractivity contribution in [3.63, 3.8) is 0 Å². The van der Waals surface area contributed by atoms with E-state index in [1.807, 2.05) is 26.0 Å². The van der Waals surface area contributed by atoms with Gasteiger partial charge < -0.3 is 15.2 Å². The first-order valence-corrected chi connectivity index (χ1v) is 6.22.